The number of pyridine rings is 1. The van der Waals surface area contributed by atoms with Crippen molar-refractivity contribution in [1.82, 2.24) is 24.5 Å². The van der Waals surface area contributed by atoms with Crippen LogP contribution in [0.3, 0.4) is 0 Å². The molecule has 1 saturated carbocycles. The average Bonchev–Trinajstić information content (AvgIpc) is 3.34. The van der Waals surface area contributed by atoms with Crippen molar-refractivity contribution in [3.8, 4) is 11.3 Å². The molecule has 1 aliphatic heterocycles. The molecule has 0 aromatic carbocycles. The van der Waals surface area contributed by atoms with Crippen molar-refractivity contribution >= 4 is 22.9 Å². The molecule has 2 aliphatic rings. The molecular formula is C27H40FN7. The topological polar surface area (TPSA) is 84.7 Å². The Morgan fingerprint density at radius 2 is 1.86 bits per heavy atom. The van der Waals surface area contributed by atoms with Crippen LogP contribution < -0.4 is 5.73 Å². The molecule has 35 heavy (non-hydrogen) atoms. The van der Waals surface area contributed by atoms with Crippen molar-refractivity contribution in [2.24, 2.45) is 10.9 Å². The molecular weight excluding hydrogens is 441 g/mol. The van der Waals surface area contributed by atoms with E-state index in [9.17, 15) is 4.39 Å². The summed E-state index contributed by atoms with van der Waals surface area (Å²) in [6.07, 6.45) is 7.79. The molecule has 190 valence electrons. The number of alkyl halides is 1. The molecule has 1 aliphatic carbocycles. The highest BCUT2D eigenvalue weighted by molar-refractivity contribution is 5.83. The van der Waals surface area contributed by atoms with Crippen LogP contribution in [0.4, 0.5) is 16.0 Å². The Bertz CT molecular complexity index is 1130. The van der Waals surface area contributed by atoms with Gasteiger partial charge in [0, 0.05) is 36.6 Å². The molecule has 1 atom stereocenters. The van der Waals surface area contributed by atoms with E-state index < -0.39 is 6.17 Å². The van der Waals surface area contributed by atoms with Crippen molar-refractivity contribution in [3.63, 3.8) is 0 Å². The quantitative estimate of drug-likeness (QED) is 0.461. The summed E-state index contributed by atoms with van der Waals surface area (Å²) in [4.78, 5) is 15.5. The van der Waals surface area contributed by atoms with E-state index in [1.165, 1.54) is 19.3 Å². The second-order valence-electron chi connectivity index (χ2n) is 10.2. The average molecular weight is 482 g/mol. The lowest BCUT2D eigenvalue weighted by molar-refractivity contribution is 0.148. The minimum atomic E-state index is -0.527. The van der Waals surface area contributed by atoms with E-state index in [1.807, 2.05) is 45.2 Å². The van der Waals surface area contributed by atoms with Gasteiger partial charge < -0.3 is 5.73 Å². The molecule has 0 bridgehead atoms. The molecule has 5 rings (SSSR count). The Hall–Kier alpha value is -2.87. The number of hydrogen-bond acceptors (Lipinski definition) is 6. The van der Waals surface area contributed by atoms with Gasteiger partial charge in [-0.1, -0.05) is 27.2 Å². The highest BCUT2D eigenvalue weighted by Crippen LogP contribution is 2.29. The first-order valence-corrected chi connectivity index (χ1v) is 12.6. The summed E-state index contributed by atoms with van der Waals surface area (Å²) in [6.45, 7) is 14.1. The second kappa shape index (κ2) is 12.2. The lowest BCUT2D eigenvalue weighted by Crippen LogP contribution is -2.38. The number of anilines is 1. The number of aliphatic imine (C=N–C) groups is 1. The third-order valence-electron chi connectivity index (χ3n) is 5.87. The van der Waals surface area contributed by atoms with E-state index in [-0.39, 0.29) is 5.95 Å². The Labute approximate surface area is 208 Å². The normalized spacial score (nSPS) is 17.9. The zero-order chi connectivity index (χ0) is 25.5. The minimum absolute atomic E-state index is 0.247. The lowest BCUT2D eigenvalue weighted by atomic mass is 9.92. The Morgan fingerprint density at radius 1 is 1.14 bits per heavy atom. The van der Waals surface area contributed by atoms with Gasteiger partial charge in [0.05, 0.1) is 28.8 Å². The van der Waals surface area contributed by atoms with Crippen LogP contribution in [0.1, 0.15) is 66.0 Å². The zero-order valence-electron chi connectivity index (χ0n) is 22.0. The molecule has 3 aromatic rings. The summed E-state index contributed by atoms with van der Waals surface area (Å²) in [5, 5.41) is 4.13. The van der Waals surface area contributed by atoms with Gasteiger partial charge in [0.15, 0.2) is 0 Å². The van der Waals surface area contributed by atoms with E-state index in [2.05, 4.69) is 45.7 Å². The summed E-state index contributed by atoms with van der Waals surface area (Å²) < 4.78 is 14.4. The van der Waals surface area contributed by atoms with Gasteiger partial charge in [-0.25, -0.2) is 13.9 Å². The Balaban J connectivity index is 0.000000202. The number of hydrogen-bond donors (Lipinski definition) is 1. The zero-order valence-corrected chi connectivity index (χ0v) is 22.0. The van der Waals surface area contributed by atoms with Crippen LogP contribution in [0.15, 0.2) is 35.6 Å². The fourth-order valence-corrected chi connectivity index (χ4v) is 4.02. The number of halogens is 1. The third kappa shape index (κ3) is 7.56. The number of fused-ring (bicyclic) bond motifs is 1. The molecule has 2 fully saturated rings. The number of nitrogens with two attached hydrogens (primary N) is 1. The first-order chi connectivity index (χ1) is 16.6. The smallest absolute Gasteiger partial charge is 0.238 e. The maximum absolute atomic E-state index is 12.7. The molecule has 0 spiro atoms. The van der Waals surface area contributed by atoms with Gasteiger partial charge in [-0.05, 0) is 64.2 Å². The fraction of sp³-hybridized carbons (Fsp3) is 0.556. The van der Waals surface area contributed by atoms with Crippen molar-refractivity contribution in [1.29, 1.82) is 0 Å². The lowest BCUT2D eigenvalue weighted by Gasteiger charge is -2.34. The predicted octanol–water partition coefficient (Wildman–Crippen LogP) is 6.04. The van der Waals surface area contributed by atoms with Gasteiger partial charge >= 0.3 is 0 Å². The SMILES string of the molecule is CC(C)=Nc1ccc(-c2ccn3nc(N)ncc23)nc1C.CC(C)C.F[C@@H]1CCN(C2CCC2)C1. The number of aromatic nitrogens is 4. The molecule has 1 saturated heterocycles. The first kappa shape index (κ1) is 26.7. The van der Waals surface area contributed by atoms with E-state index in [1.54, 1.807) is 10.7 Å². The molecule has 0 amide bonds. The second-order valence-corrected chi connectivity index (χ2v) is 10.2. The van der Waals surface area contributed by atoms with E-state index in [4.69, 9.17) is 5.73 Å². The fourth-order valence-electron chi connectivity index (χ4n) is 4.02. The third-order valence-corrected chi connectivity index (χ3v) is 5.87. The van der Waals surface area contributed by atoms with Crippen LogP contribution in [0.5, 0.6) is 0 Å². The maximum Gasteiger partial charge on any atom is 0.238 e. The van der Waals surface area contributed by atoms with Crippen LogP contribution in [-0.4, -0.2) is 55.5 Å². The van der Waals surface area contributed by atoms with Crippen LogP contribution in [0, 0.1) is 12.8 Å². The van der Waals surface area contributed by atoms with Crippen LogP contribution in [-0.2, 0) is 0 Å². The van der Waals surface area contributed by atoms with Crippen molar-refractivity contribution in [3.05, 3.63) is 36.3 Å². The van der Waals surface area contributed by atoms with Crippen molar-refractivity contribution < 1.29 is 4.39 Å². The monoisotopic (exact) mass is 481 g/mol. The van der Waals surface area contributed by atoms with Crippen LogP contribution in [0.25, 0.3) is 16.8 Å². The van der Waals surface area contributed by atoms with Gasteiger partial charge in [-0.2, -0.15) is 0 Å². The van der Waals surface area contributed by atoms with Gasteiger partial charge in [0.2, 0.25) is 5.95 Å². The molecule has 3 aromatic heterocycles. The molecule has 0 unspecified atom stereocenters. The maximum atomic E-state index is 12.7. The van der Waals surface area contributed by atoms with Crippen LogP contribution >= 0.6 is 0 Å². The van der Waals surface area contributed by atoms with Crippen LogP contribution in [0.2, 0.25) is 0 Å². The molecule has 0 radical (unpaired) electrons. The van der Waals surface area contributed by atoms with Gasteiger partial charge in [0.1, 0.15) is 6.17 Å². The summed E-state index contributed by atoms with van der Waals surface area (Å²) in [6, 6.07) is 6.65. The summed E-state index contributed by atoms with van der Waals surface area (Å²) in [7, 11) is 0. The number of aryl methyl sites for hydroxylation is 1. The highest BCUT2D eigenvalue weighted by atomic mass is 19.1. The standard InChI is InChI=1S/C15H16N6.C8H14FN.C4H10/c1-9(2)18-12-4-5-13(19-10(12)3)11-6-7-21-14(11)8-17-15(16)20-21;9-7-4-5-10(6-7)8-2-1-3-8;1-4(2)3/h4-8H,1-3H3,(H2,16,20);7-8H,1-6H2;4H,1-3H3/t;7-;/m.1./s1. The summed E-state index contributed by atoms with van der Waals surface area (Å²) in [5.41, 5.74) is 11.1. The molecule has 8 heteroatoms. The molecule has 2 N–H and O–H groups in total. The number of rotatable bonds is 3. The molecule has 7 nitrogen and oxygen atoms in total. The number of nitrogens with zero attached hydrogens (tertiary/aromatic N) is 6. The van der Waals surface area contributed by atoms with E-state index in [0.717, 1.165) is 58.8 Å². The Kier molecular flexibility index (Phi) is 9.32. The van der Waals surface area contributed by atoms with E-state index in [0.29, 0.717) is 6.54 Å². The highest BCUT2D eigenvalue weighted by Gasteiger charge is 2.31. The first-order valence-electron chi connectivity index (χ1n) is 12.6. The van der Waals surface area contributed by atoms with Gasteiger partial charge in [0.25, 0.3) is 0 Å². The van der Waals surface area contributed by atoms with Crippen molar-refractivity contribution in [2.75, 3.05) is 18.8 Å². The van der Waals surface area contributed by atoms with Gasteiger partial charge in [-0.15, -0.1) is 5.10 Å². The van der Waals surface area contributed by atoms with Crippen molar-refractivity contribution in [2.45, 2.75) is 79.4 Å². The predicted molar refractivity (Wildman–Crippen MR) is 143 cm³/mol. The molecule has 4 heterocycles. The Morgan fingerprint density at radius 3 is 2.40 bits per heavy atom. The number of likely N-dealkylation sites (tertiary alicyclic amines) is 1. The van der Waals surface area contributed by atoms with Gasteiger partial charge in [-0.3, -0.25) is 14.9 Å². The minimum Gasteiger partial charge on any atom is -0.367 e. The summed E-state index contributed by atoms with van der Waals surface area (Å²) in [5.74, 6) is 1.08. The largest absolute Gasteiger partial charge is 0.367 e. The van der Waals surface area contributed by atoms with E-state index >= 15 is 0 Å². The summed E-state index contributed by atoms with van der Waals surface area (Å²) >= 11 is 0. The number of nitrogen functional groups attached to an aromatic ring is 1.